The molecule has 1 aromatic carbocycles. The van der Waals surface area contributed by atoms with Gasteiger partial charge in [0.1, 0.15) is 0 Å². The molecule has 0 N–H and O–H groups in total. The van der Waals surface area contributed by atoms with Crippen molar-refractivity contribution in [1.82, 2.24) is 9.80 Å². The minimum Gasteiger partial charge on any atom is -0.298 e. The van der Waals surface area contributed by atoms with Crippen LogP contribution >= 0.6 is 0 Å². The van der Waals surface area contributed by atoms with Gasteiger partial charge in [0.15, 0.2) is 0 Å². The number of nitrogens with zero attached hydrogens (tertiary/aromatic N) is 2. The topological polar surface area (TPSA) is 6.48 Å². The highest BCUT2D eigenvalue weighted by molar-refractivity contribution is 5.14. The predicted molar refractivity (Wildman–Crippen MR) is 70.9 cm³/mol. The summed E-state index contributed by atoms with van der Waals surface area (Å²) in [6.45, 7) is 6.16. The number of rotatable bonds is 3. The van der Waals surface area contributed by atoms with Crippen LogP contribution in [0.1, 0.15) is 24.8 Å². The van der Waals surface area contributed by atoms with Crippen molar-refractivity contribution in [1.29, 1.82) is 0 Å². The molecule has 1 aromatic rings. The Morgan fingerprint density at radius 3 is 2.24 bits per heavy atom. The highest BCUT2D eigenvalue weighted by atomic mass is 15.3. The van der Waals surface area contributed by atoms with E-state index in [0.717, 1.165) is 12.6 Å². The van der Waals surface area contributed by atoms with E-state index < -0.39 is 0 Å². The van der Waals surface area contributed by atoms with E-state index in [1.54, 1.807) is 0 Å². The molecule has 1 saturated heterocycles. The van der Waals surface area contributed by atoms with Crippen LogP contribution in [0.5, 0.6) is 0 Å². The number of hydrogen-bond donors (Lipinski definition) is 0. The van der Waals surface area contributed by atoms with Crippen molar-refractivity contribution in [3.05, 3.63) is 35.9 Å². The van der Waals surface area contributed by atoms with E-state index >= 15 is 0 Å². The lowest BCUT2D eigenvalue weighted by Crippen LogP contribution is -2.51. The van der Waals surface area contributed by atoms with Crippen LogP contribution in [0.25, 0.3) is 0 Å². The van der Waals surface area contributed by atoms with Crippen LogP contribution in [0, 0.1) is 0 Å². The van der Waals surface area contributed by atoms with E-state index in [1.807, 2.05) is 0 Å². The highest BCUT2D eigenvalue weighted by Crippen LogP contribution is 2.25. The Morgan fingerprint density at radius 1 is 0.941 bits per heavy atom. The molecular formula is C15H22N2. The smallest absolute Gasteiger partial charge is 0.0234 e. The van der Waals surface area contributed by atoms with Crippen molar-refractivity contribution in [2.75, 3.05) is 26.2 Å². The third-order valence-corrected chi connectivity index (χ3v) is 4.25. The van der Waals surface area contributed by atoms with Gasteiger partial charge in [-0.1, -0.05) is 36.8 Å². The molecule has 0 unspecified atom stereocenters. The predicted octanol–water partition coefficient (Wildman–Crippen LogP) is 2.36. The third kappa shape index (κ3) is 2.70. The van der Waals surface area contributed by atoms with Crippen LogP contribution < -0.4 is 0 Å². The van der Waals surface area contributed by atoms with Gasteiger partial charge in [-0.05, 0) is 18.4 Å². The maximum atomic E-state index is 2.70. The lowest BCUT2D eigenvalue weighted by molar-refractivity contribution is 0.0587. The summed E-state index contributed by atoms with van der Waals surface area (Å²) < 4.78 is 0. The Labute approximate surface area is 104 Å². The van der Waals surface area contributed by atoms with E-state index in [0.29, 0.717) is 0 Å². The second kappa shape index (κ2) is 5.19. The second-order valence-electron chi connectivity index (χ2n) is 5.38. The second-order valence-corrected chi connectivity index (χ2v) is 5.38. The van der Waals surface area contributed by atoms with Gasteiger partial charge >= 0.3 is 0 Å². The molecule has 2 fully saturated rings. The summed E-state index contributed by atoms with van der Waals surface area (Å²) in [7, 11) is 0. The quantitative estimate of drug-likeness (QED) is 0.786. The fourth-order valence-corrected chi connectivity index (χ4v) is 2.88. The Bertz CT molecular complexity index is 337. The standard InChI is InChI=1S/C15H22N2/c1-2-5-14(6-3-1)13-16-9-11-17(12-10-16)15-7-4-8-15/h1-3,5-6,15H,4,7-13H2. The third-order valence-electron chi connectivity index (χ3n) is 4.25. The van der Waals surface area contributed by atoms with Crippen molar-refractivity contribution >= 4 is 0 Å². The van der Waals surface area contributed by atoms with E-state index in [4.69, 9.17) is 0 Å². The van der Waals surface area contributed by atoms with Gasteiger partial charge in [-0.15, -0.1) is 0 Å². The van der Waals surface area contributed by atoms with Crippen LogP contribution in [-0.4, -0.2) is 42.0 Å². The molecule has 0 aromatic heterocycles. The summed E-state index contributed by atoms with van der Waals surface area (Å²) in [6.07, 6.45) is 4.34. The first-order valence-corrected chi connectivity index (χ1v) is 6.92. The normalized spacial score (nSPS) is 23.5. The minimum atomic E-state index is 0.925. The average Bonchev–Trinajstić information content (AvgIpc) is 2.31. The van der Waals surface area contributed by atoms with Gasteiger partial charge in [0.2, 0.25) is 0 Å². The minimum absolute atomic E-state index is 0.925. The lowest BCUT2D eigenvalue weighted by atomic mass is 9.91. The summed E-state index contributed by atoms with van der Waals surface area (Å²) in [5.74, 6) is 0. The Hall–Kier alpha value is -0.860. The van der Waals surface area contributed by atoms with Gasteiger partial charge in [0.05, 0.1) is 0 Å². The molecule has 0 amide bonds. The van der Waals surface area contributed by atoms with Crippen LogP contribution in [-0.2, 0) is 6.54 Å². The summed E-state index contributed by atoms with van der Waals surface area (Å²) in [5.41, 5.74) is 1.45. The molecule has 2 nitrogen and oxygen atoms in total. The first-order valence-electron chi connectivity index (χ1n) is 6.92. The van der Waals surface area contributed by atoms with Crippen molar-refractivity contribution in [3.63, 3.8) is 0 Å². The van der Waals surface area contributed by atoms with Crippen LogP contribution in [0.15, 0.2) is 30.3 Å². The zero-order valence-electron chi connectivity index (χ0n) is 10.5. The largest absolute Gasteiger partial charge is 0.298 e. The SMILES string of the molecule is c1ccc(CN2CCN(C3CCC3)CC2)cc1. The number of hydrogen-bond acceptors (Lipinski definition) is 2. The fourth-order valence-electron chi connectivity index (χ4n) is 2.88. The van der Waals surface area contributed by atoms with Crippen LogP contribution in [0.2, 0.25) is 0 Å². The van der Waals surface area contributed by atoms with E-state index in [1.165, 1.54) is 51.0 Å². The zero-order chi connectivity index (χ0) is 11.5. The van der Waals surface area contributed by atoms with Crippen molar-refractivity contribution in [2.45, 2.75) is 31.8 Å². The molecule has 1 saturated carbocycles. The van der Waals surface area contributed by atoms with Gasteiger partial charge in [0, 0.05) is 38.8 Å². The summed E-state index contributed by atoms with van der Waals surface area (Å²) in [5, 5.41) is 0. The zero-order valence-corrected chi connectivity index (χ0v) is 10.5. The van der Waals surface area contributed by atoms with E-state index in [-0.39, 0.29) is 0 Å². The van der Waals surface area contributed by atoms with Crippen molar-refractivity contribution in [3.8, 4) is 0 Å². The Morgan fingerprint density at radius 2 is 1.65 bits per heavy atom. The maximum Gasteiger partial charge on any atom is 0.0234 e. The molecule has 2 aliphatic rings. The van der Waals surface area contributed by atoms with Gasteiger partial charge in [-0.2, -0.15) is 0 Å². The molecule has 1 heterocycles. The Balaban J connectivity index is 1.48. The first-order chi connectivity index (χ1) is 8.42. The Kier molecular flexibility index (Phi) is 3.44. The van der Waals surface area contributed by atoms with E-state index in [2.05, 4.69) is 40.1 Å². The van der Waals surface area contributed by atoms with E-state index in [9.17, 15) is 0 Å². The molecule has 92 valence electrons. The van der Waals surface area contributed by atoms with Gasteiger partial charge in [-0.3, -0.25) is 9.80 Å². The summed E-state index contributed by atoms with van der Waals surface area (Å²) in [6, 6.07) is 11.8. The highest BCUT2D eigenvalue weighted by Gasteiger charge is 2.27. The lowest BCUT2D eigenvalue weighted by Gasteiger charge is -2.43. The molecule has 0 radical (unpaired) electrons. The van der Waals surface area contributed by atoms with Crippen molar-refractivity contribution in [2.24, 2.45) is 0 Å². The van der Waals surface area contributed by atoms with Gasteiger partial charge in [0.25, 0.3) is 0 Å². The number of piperazine rings is 1. The van der Waals surface area contributed by atoms with Crippen LogP contribution in [0.4, 0.5) is 0 Å². The molecular weight excluding hydrogens is 208 g/mol. The van der Waals surface area contributed by atoms with Gasteiger partial charge in [-0.25, -0.2) is 0 Å². The molecule has 0 atom stereocenters. The summed E-state index contributed by atoms with van der Waals surface area (Å²) in [4.78, 5) is 5.29. The average molecular weight is 230 g/mol. The maximum absolute atomic E-state index is 2.70. The van der Waals surface area contributed by atoms with Crippen molar-refractivity contribution < 1.29 is 0 Å². The molecule has 3 rings (SSSR count). The summed E-state index contributed by atoms with van der Waals surface area (Å²) >= 11 is 0. The fraction of sp³-hybridized carbons (Fsp3) is 0.600. The molecule has 1 aliphatic heterocycles. The van der Waals surface area contributed by atoms with Gasteiger partial charge < -0.3 is 0 Å². The molecule has 0 bridgehead atoms. The monoisotopic (exact) mass is 230 g/mol. The number of benzene rings is 1. The molecule has 17 heavy (non-hydrogen) atoms. The molecule has 1 aliphatic carbocycles. The molecule has 0 spiro atoms. The first kappa shape index (κ1) is 11.2. The van der Waals surface area contributed by atoms with Crippen LogP contribution in [0.3, 0.4) is 0 Å². The molecule has 2 heteroatoms.